The Morgan fingerprint density at radius 3 is 2.73 bits per heavy atom. The molecule has 1 atom stereocenters. The van der Waals surface area contributed by atoms with Crippen molar-refractivity contribution in [1.82, 2.24) is 0 Å². The lowest BCUT2D eigenvalue weighted by Crippen LogP contribution is -2.11. The molecule has 0 aliphatic heterocycles. The molecule has 82 valence electrons. The van der Waals surface area contributed by atoms with E-state index >= 15 is 0 Å². The predicted molar refractivity (Wildman–Crippen MR) is 58.9 cm³/mol. The van der Waals surface area contributed by atoms with Crippen LogP contribution in [0.4, 0.5) is 4.79 Å². The van der Waals surface area contributed by atoms with Crippen molar-refractivity contribution >= 4 is 20.7 Å². The topological polar surface area (TPSA) is 44.8 Å². The van der Waals surface area contributed by atoms with Gasteiger partial charge in [-0.25, -0.2) is 4.79 Å². The van der Waals surface area contributed by atoms with Gasteiger partial charge in [0.2, 0.25) is 0 Å². The van der Waals surface area contributed by atoms with Crippen LogP contribution < -0.4 is 5.30 Å². The average molecular weight is 228 g/mol. The van der Waals surface area contributed by atoms with Crippen molar-refractivity contribution in [3.8, 4) is 0 Å². The Morgan fingerprint density at radius 2 is 2.07 bits per heavy atom. The molecule has 0 aromatic heterocycles. The monoisotopic (exact) mass is 228 g/mol. The summed E-state index contributed by atoms with van der Waals surface area (Å²) in [6.45, 7) is 0.101. The van der Waals surface area contributed by atoms with Gasteiger partial charge in [-0.2, -0.15) is 0 Å². The van der Waals surface area contributed by atoms with Gasteiger partial charge in [-0.3, -0.25) is 0 Å². The first-order valence-electron chi connectivity index (χ1n) is 4.36. The Hall–Kier alpha value is -1.12. The molecule has 5 heteroatoms. The zero-order valence-electron chi connectivity index (χ0n) is 8.43. The third kappa shape index (κ3) is 4.28. The van der Waals surface area contributed by atoms with Crippen LogP contribution in [-0.2, 0) is 20.8 Å². The summed E-state index contributed by atoms with van der Waals surface area (Å²) < 4.78 is 14.0. The molecule has 0 spiro atoms. The van der Waals surface area contributed by atoms with Crippen molar-refractivity contribution in [1.29, 1.82) is 0 Å². The molecule has 1 unspecified atom stereocenters. The number of benzene rings is 1. The summed E-state index contributed by atoms with van der Waals surface area (Å²) in [5.74, 6) is 0. The molecule has 4 nitrogen and oxygen atoms in total. The van der Waals surface area contributed by atoms with Crippen LogP contribution in [0.1, 0.15) is 5.56 Å². The van der Waals surface area contributed by atoms with E-state index in [1.165, 1.54) is 7.11 Å². The van der Waals surface area contributed by atoms with Crippen molar-refractivity contribution in [3.05, 3.63) is 29.8 Å². The van der Waals surface area contributed by atoms with E-state index in [4.69, 9.17) is 4.74 Å². The summed E-state index contributed by atoms with van der Waals surface area (Å²) in [7, 11) is 4.01. The van der Waals surface area contributed by atoms with Crippen LogP contribution in [-0.4, -0.2) is 20.1 Å². The largest absolute Gasteiger partial charge is 0.510 e. The molecule has 0 N–H and O–H groups in total. The summed E-state index contributed by atoms with van der Waals surface area (Å²) in [5, 5.41) is 0.997. The van der Waals surface area contributed by atoms with Gasteiger partial charge in [0.05, 0.1) is 0 Å². The summed E-state index contributed by atoms with van der Waals surface area (Å²) in [6.07, 6.45) is -0.731. The van der Waals surface area contributed by atoms with Gasteiger partial charge < -0.3 is 14.2 Å². The number of carbonyl (C=O) groups is 1. The van der Waals surface area contributed by atoms with Gasteiger partial charge in [0.25, 0.3) is 0 Å². The van der Waals surface area contributed by atoms with E-state index in [2.05, 4.69) is 18.7 Å². The molecule has 0 radical (unpaired) electrons. The van der Waals surface area contributed by atoms with Crippen LogP contribution >= 0.6 is 9.24 Å². The first kappa shape index (κ1) is 12.0. The van der Waals surface area contributed by atoms with Crippen molar-refractivity contribution in [3.63, 3.8) is 0 Å². The standard InChI is InChI=1S/C10H13O4P/c1-12-7-14-10(11)13-6-8-4-2-3-5-9(8)15/h2-5H,6-7,15H2,1H3. The normalized spacial score (nSPS) is 9.73. The average Bonchev–Trinajstić information content (AvgIpc) is 2.25. The highest BCUT2D eigenvalue weighted by Crippen LogP contribution is 2.03. The summed E-state index contributed by atoms with van der Waals surface area (Å²) in [6, 6.07) is 7.59. The highest BCUT2D eigenvalue weighted by molar-refractivity contribution is 7.27. The van der Waals surface area contributed by atoms with E-state index in [0.717, 1.165) is 10.9 Å². The van der Waals surface area contributed by atoms with E-state index < -0.39 is 6.16 Å². The van der Waals surface area contributed by atoms with Gasteiger partial charge in [-0.1, -0.05) is 24.3 Å². The first-order chi connectivity index (χ1) is 7.24. The molecular formula is C10H13O4P. The van der Waals surface area contributed by atoms with Crippen molar-refractivity contribution in [2.45, 2.75) is 6.61 Å². The van der Waals surface area contributed by atoms with Crippen molar-refractivity contribution in [2.24, 2.45) is 0 Å². The molecule has 0 saturated carbocycles. The lowest BCUT2D eigenvalue weighted by atomic mass is 10.2. The molecule has 0 saturated heterocycles. The smallest absolute Gasteiger partial charge is 0.429 e. The van der Waals surface area contributed by atoms with E-state index in [9.17, 15) is 4.79 Å². The van der Waals surface area contributed by atoms with Crippen LogP contribution in [0.2, 0.25) is 0 Å². The zero-order chi connectivity index (χ0) is 11.1. The second-order valence-electron chi connectivity index (χ2n) is 2.79. The second-order valence-corrected chi connectivity index (χ2v) is 3.41. The van der Waals surface area contributed by atoms with Crippen LogP contribution in [0.3, 0.4) is 0 Å². The lowest BCUT2D eigenvalue weighted by molar-refractivity contribution is -0.0285. The van der Waals surface area contributed by atoms with Crippen LogP contribution in [0.5, 0.6) is 0 Å². The first-order valence-corrected chi connectivity index (χ1v) is 4.93. The Bertz CT molecular complexity index is 327. The van der Waals surface area contributed by atoms with E-state index in [0.29, 0.717) is 0 Å². The Kier molecular flexibility index (Phi) is 5.08. The Labute approximate surface area is 90.7 Å². The maximum atomic E-state index is 11.0. The van der Waals surface area contributed by atoms with Gasteiger partial charge in [0.1, 0.15) is 6.61 Å². The minimum absolute atomic E-state index is 0.0959. The van der Waals surface area contributed by atoms with Gasteiger partial charge in [-0.15, -0.1) is 9.24 Å². The third-order valence-electron chi connectivity index (χ3n) is 1.70. The molecule has 0 heterocycles. The fourth-order valence-corrected chi connectivity index (χ4v) is 1.24. The molecule has 15 heavy (non-hydrogen) atoms. The van der Waals surface area contributed by atoms with Crippen molar-refractivity contribution in [2.75, 3.05) is 13.9 Å². The van der Waals surface area contributed by atoms with E-state index in [-0.39, 0.29) is 13.4 Å². The molecule has 0 bridgehead atoms. The Morgan fingerprint density at radius 1 is 1.33 bits per heavy atom. The zero-order valence-corrected chi connectivity index (χ0v) is 9.59. The quantitative estimate of drug-likeness (QED) is 0.444. The molecule has 1 aromatic carbocycles. The number of carbonyl (C=O) groups excluding carboxylic acids is 1. The molecule has 1 rings (SSSR count). The fourth-order valence-electron chi connectivity index (χ4n) is 0.951. The van der Waals surface area contributed by atoms with Crippen LogP contribution in [0.25, 0.3) is 0 Å². The fraction of sp³-hybridized carbons (Fsp3) is 0.300. The SMILES string of the molecule is COCOC(=O)OCc1ccccc1P. The third-order valence-corrected chi connectivity index (χ3v) is 2.26. The number of ether oxygens (including phenoxy) is 3. The number of hydrogen-bond acceptors (Lipinski definition) is 4. The van der Waals surface area contributed by atoms with Crippen LogP contribution in [0.15, 0.2) is 24.3 Å². The summed E-state index contributed by atoms with van der Waals surface area (Å²) in [4.78, 5) is 11.0. The number of methoxy groups -OCH3 is 1. The highest BCUT2D eigenvalue weighted by Gasteiger charge is 2.04. The highest BCUT2D eigenvalue weighted by atomic mass is 31.0. The minimum Gasteiger partial charge on any atom is -0.429 e. The maximum absolute atomic E-state index is 11.0. The number of rotatable bonds is 4. The molecule has 0 fully saturated rings. The van der Waals surface area contributed by atoms with Crippen molar-refractivity contribution < 1.29 is 19.0 Å². The minimum atomic E-state index is -0.731. The molecule has 0 aliphatic carbocycles. The van der Waals surface area contributed by atoms with Gasteiger partial charge in [-0.05, 0) is 10.9 Å². The van der Waals surface area contributed by atoms with Crippen LogP contribution in [0, 0.1) is 0 Å². The molecular weight excluding hydrogens is 215 g/mol. The summed E-state index contributed by atoms with van der Waals surface area (Å²) >= 11 is 0. The lowest BCUT2D eigenvalue weighted by Gasteiger charge is -2.06. The maximum Gasteiger partial charge on any atom is 0.510 e. The number of hydrogen-bond donors (Lipinski definition) is 0. The second kappa shape index (κ2) is 6.38. The predicted octanol–water partition coefficient (Wildman–Crippen LogP) is 1.44. The Balaban J connectivity index is 2.37. The van der Waals surface area contributed by atoms with Gasteiger partial charge >= 0.3 is 6.16 Å². The van der Waals surface area contributed by atoms with E-state index in [1.54, 1.807) is 0 Å². The molecule has 0 aliphatic rings. The van der Waals surface area contributed by atoms with Gasteiger partial charge in [0, 0.05) is 7.11 Å². The summed E-state index contributed by atoms with van der Waals surface area (Å²) in [5.41, 5.74) is 0.928. The van der Waals surface area contributed by atoms with Gasteiger partial charge in [0.15, 0.2) is 6.79 Å². The molecule has 0 amide bonds. The van der Waals surface area contributed by atoms with E-state index in [1.807, 2.05) is 24.3 Å². The molecule has 1 aromatic rings.